The van der Waals surface area contributed by atoms with Crippen molar-refractivity contribution in [2.45, 2.75) is 89.9 Å². The van der Waals surface area contributed by atoms with Gasteiger partial charge in [0.05, 0.1) is 18.3 Å². The lowest BCUT2D eigenvalue weighted by Crippen LogP contribution is -2.33. The molecule has 0 spiro atoms. The van der Waals surface area contributed by atoms with Crippen molar-refractivity contribution in [1.82, 2.24) is 0 Å². The summed E-state index contributed by atoms with van der Waals surface area (Å²) in [6.45, 7) is 5.82. The molecule has 0 saturated heterocycles. The van der Waals surface area contributed by atoms with Gasteiger partial charge in [0.2, 0.25) is 0 Å². The molecule has 3 heteroatoms. The van der Waals surface area contributed by atoms with Crippen molar-refractivity contribution in [2.75, 3.05) is 20.3 Å². The minimum atomic E-state index is 0.351. The summed E-state index contributed by atoms with van der Waals surface area (Å²) in [6, 6.07) is 0. The Morgan fingerprint density at radius 1 is 0.700 bits per heavy atom. The molecule has 2 fully saturated rings. The first-order chi connectivity index (χ1) is 9.81. The average Bonchev–Trinajstić information content (AvgIpc) is 2.50. The molecular formula is C17H34O3. The average molecular weight is 286 g/mol. The van der Waals surface area contributed by atoms with Crippen LogP contribution in [0.1, 0.15) is 71.6 Å². The molecule has 0 aromatic rings. The van der Waals surface area contributed by atoms with E-state index in [1.165, 1.54) is 57.8 Å². The molecule has 0 heterocycles. The second-order valence-electron chi connectivity index (χ2n) is 5.77. The molecule has 120 valence electrons. The quantitative estimate of drug-likeness (QED) is 0.752. The SMILES string of the molecule is CCOC1CCCCC1.CCOC1CCCCC1OC. The Bertz CT molecular complexity index is 210. The molecule has 2 atom stereocenters. The lowest BCUT2D eigenvalue weighted by atomic mass is 9.95. The van der Waals surface area contributed by atoms with Gasteiger partial charge in [-0.1, -0.05) is 32.1 Å². The first-order valence-electron chi connectivity index (χ1n) is 8.57. The predicted octanol–water partition coefficient (Wildman–Crippen LogP) is 4.34. The van der Waals surface area contributed by atoms with Crippen molar-refractivity contribution in [3.05, 3.63) is 0 Å². The smallest absolute Gasteiger partial charge is 0.0836 e. The summed E-state index contributed by atoms with van der Waals surface area (Å²) in [7, 11) is 1.78. The van der Waals surface area contributed by atoms with Crippen LogP contribution in [0.25, 0.3) is 0 Å². The van der Waals surface area contributed by atoms with E-state index in [-0.39, 0.29) is 0 Å². The van der Waals surface area contributed by atoms with Crippen LogP contribution in [0.2, 0.25) is 0 Å². The Morgan fingerprint density at radius 3 is 1.80 bits per heavy atom. The molecule has 0 aromatic heterocycles. The zero-order valence-corrected chi connectivity index (χ0v) is 13.7. The van der Waals surface area contributed by atoms with Gasteiger partial charge in [-0.15, -0.1) is 0 Å². The van der Waals surface area contributed by atoms with Crippen LogP contribution in [0.4, 0.5) is 0 Å². The normalized spacial score (nSPS) is 27.8. The second-order valence-corrected chi connectivity index (χ2v) is 5.77. The Hall–Kier alpha value is -0.120. The van der Waals surface area contributed by atoms with Crippen LogP contribution < -0.4 is 0 Å². The molecule has 0 amide bonds. The predicted molar refractivity (Wildman–Crippen MR) is 83.2 cm³/mol. The summed E-state index contributed by atoms with van der Waals surface area (Å²) < 4.78 is 16.4. The highest BCUT2D eigenvalue weighted by molar-refractivity contribution is 4.75. The maximum Gasteiger partial charge on any atom is 0.0836 e. The molecule has 20 heavy (non-hydrogen) atoms. The van der Waals surface area contributed by atoms with Crippen molar-refractivity contribution in [3.63, 3.8) is 0 Å². The van der Waals surface area contributed by atoms with E-state index in [0.29, 0.717) is 18.3 Å². The zero-order valence-electron chi connectivity index (χ0n) is 13.7. The van der Waals surface area contributed by atoms with E-state index in [1.54, 1.807) is 7.11 Å². The van der Waals surface area contributed by atoms with E-state index in [1.807, 2.05) is 6.92 Å². The summed E-state index contributed by atoms with van der Waals surface area (Å²) >= 11 is 0. The molecule has 2 aliphatic rings. The van der Waals surface area contributed by atoms with Crippen LogP contribution in [0.15, 0.2) is 0 Å². The lowest BCUT2D eigenvalue weighted by molar-refractivity contribution is -0.0728. The Balaban J connectivity index is 0.000000204. The van der Waals surface area contributed by atoms with Crippen molar-refractivity contribution in [1.29, 1.82) is 0 Å². The van der Waals surface area contributed by atoms with E-state index in [4.69, 9.17) is 14.2 Å². The highest BCUT2D eigenvalue weighted by atomic mass is 16.5. The second kappa shape index (κ2) is 11.5. The summed E-state index contributed by atoms with van der Waals surface area (Å²) in [5, 5.41) is 0. The van der Waals surface area contributed by atoms with Gasteiger partial charge in [0, 0.05) is 20.3 Å². The van der Waals surface area contributed by atoms with Gasteiger partial charge in [-0.3, -0.25) is 0 Å². The fourth-order valence-electron chi connectivity index (χ4n) is 3.20. The minimum Gasteiger partial charge on any atom is -0.379 e. The maximum atomic E-state index is 5.56. The van der Waals surface area contributed by atoms with E-state index in [2.05, 4.69) is 6.92 Å². The fraction of sp³-hybridized carbons (Fsp3) is 1.00. The van der Waals surface area contributed by atoms with Crippen molar-refractivity contribution in [3.8, 4) is 0 Å². The van der Waals surface area contributed by atoms with Crippen LogP contribution in [0.5, 0.6) is 0 Å². The highest BCUT2D eigenvalue weighted by Crippen LogP contribution is 2.23. The van der Waals surface area contributed by atoms with Gasteiger partial charge in [-0.25, -0.2) is 0 Å². The zero-order chi connectivity index (χ0) is 14.6. The molecule has 0 N–H and O–H groups in total. The topological polar surface area (TPSA) is 27.7 Å². The molecule has 0 radical (unpaired) electrons. The molecule has 3 nitrogen and oxygen atoms in total. The van der Waals surface area contributed by atoms with Crippen LogP contribution >= 0.6 is 0 Å². The third-order valence-electron chi connectivity index (χ3n) is 4.28. The molecule has 0 aromatic carbocycles. The molecule has 2 aliphatic carbocycles. The van der Waals surface area contributed by atoms with E-state index < -0.39 is 0 Å². The van der Waals surface area contributed by atoms with Crippen LogP contribution in [0.3, 0.4) is 0 Å². The van der Waals surface area contributed by atoms with E-state index >= 15 is 0 Å². The van der Waals surface area contributed by atoms with Crippen LogP contribution in [0, 0.1) is 0 Å². The minimum absolute atomic E-state index is 0.351. The van der Waals surface area contributed by atoms with E-state index in [9.17, 15) is 0 Å². The van der Waals surface area contributed by atoms with Crippen molar-refractivity contribution >= 4 is 0 Å². The Labute approximate surface area is 125 Å². The molecule has 2 saturated carbocycles. The lowest BCUT2D eigenvalue weighted by Gasteiger charge is -2.29. The monoisotopic (exact) mass is 286 g/mol. The van der Waals surface area contributed by atoms with Crippen molar-refractivity contribution in [2.24, 2.45) is 0 Å². The number of hydrogen-bond donors (Lipinski definition) is 0. The third kappa shape index (κ3) is 7.05. The highest BCUT2D eigenvalue weighted by Gasteiger charge is 2.24. The first kappa shape index (κ1) is 17.9. The standard InChI is InChI=1S/C9H18O2.C8H16O/c1-3-11-9-7-5-4-6-8(9)10-2;1-2-9-8-6-4-3-5-7-8/h8-9H,3-7H2,1-2H3;8H,2-7H2,1H3. The summed E-state index contributed by atoms with van der Waals surface area (Å²) in [5.74, 6) is 0. The molecule has 2 unspecified atom stereocenters. The van der Waals surface area contributed by atoms with E-state index in [0.717, 1.165) is 13.2 Å². The number of methoxy groups -OCH3 is 1. The fourth-order valence-corrected chi connectivity index (χ4v) is 3.20. The maximum absolute atomic E-state index is 5.56. The van der Waals surface area contributed by atoms with Gasteiger partial charge < -0.3 is 14.2 Å². The molecule has 0 aliphatic heterocycles. The third-order valence-corrected chi connectivity index (χ3v) is 4.28. The van der Waals surface area contributed by atoms with Gasteiger partial charge >= 0.3 is 0 Å². The number of ether oxygens (including phenoxy) is 3. The number of hydrogen-bond acceptors (Lipinski definition) is 3. The molecule has 0 bridgehead atoms. The largest absolute Gasteiger partial charge is 0.379 e. The summed E-state index contributed by atoms with van der Waals surface area (Å²) in [6.07, 6.45) is 13.0. The molecular weight excluding hydrogens is 252 g/mol. The van der Waals surface area contributed by atoms with Gasteiger partial charge in [0.25, 0.3) is 0 Å². The summed E-state index contributed by atoms with van der Waals surface area (Å²) in [4.78, 5) is 0. The van der Waals surface area contributed by atoms with Gasteiger partial charge in [-0.05, 0) is 39.5 Å². The number of rotatable bonds is 5. The van der Waals surface area contributed by atoms with Crippen LogP contribution in [-0.2, 0) is 14.2 Å². The van der Waals surface area contributed by atoms with Gasteiger partial charge in [-0.2, -0.15) is 0 Å². The van der Waals surface area contributed by atoms with Crippen molar-refractivity contribution < 1.29 is 14.2 Å². The Morgan fingerprint density at radius 2 is 1.25 bits per heavy atom. The van der Waals surface area contributed by atoms with Crippen LogP contribution in [-0.4, -0.2) is 38.6 Å². The summed E-state index contributed by atoms with van der Waals surface area (Å²) in [5.41, 5.74) is 0. The van der Waals surface area contributed by atoms with Gasteiger partial charge in [0.1, 0.15) is 0 Å². The molecule has 2 rings (SSSR count). The Kier molecular flexibility index (Phi) is 10.3. The first-order valence-corrected chi connectivity index (χ1v) is 8.57. The van der Waals surface area contributed by atoms with Gasteiger partial charge in [0.15, 0.2) is 0 Å².